The van der Waals surface area contributed by atoms with Crippen LogP contribution in [-0.4, -0.2) is 24.9 Å². The summed E-state index contributed by atoms with van der Waals surface area (Å²) in [5, 5.41) is 0. The molecule has 2 heterocycles. The van der Waals surface area contributed by atoms with Gasteiger partial charge in [0.1, 0.15) is 0 Å². The van der Waals surface area contributed by atoms with Gasteiger partial charge in [0.25, 0.3) is 0 Å². The van der Waals surface area contributed by atoms with E-state index in [-0.39, 0.29) is 18.3 Å². The number of hydrogen-bond donors (Lipinski definition) is 0. The molecule has 0 aliphatic carbocycles. The van der Waals surface area contributed by atoms with Crippen molar-refractivity contribution in [3.63, 3.8) is 0 Å². The molecule has 0 N–H and O–H groups in total. The molecule has 0 spiro atoms. The van der Waals surface area contributed by atoms with E-state index >= 15 is 0 Å². The predicted octanol–water partition coefficient (Wildman–Crippen LogP) is 5.26. The fourth-order valence-corrected chi connectivity index (χ4v) is 3.65. The van der Waals surface area contributed by atoms with Gasteiger partial charge in [-0.1, -0.05) is 61.2 Å². The van der Waals surface area contributed by atoms with Crippen LogP contribution in [0.5, 0.6) is 0 Å². The minimum absolute atomic E-state index is 0.356. The molecule has 29 heavy (non-hydrogen) atoms. The molecule has 1 saturated heterocycles. The van der Waals surface area contributed by atoms with Crippen molar-refractivity contribution in [1.82, 2.24) is 0 Å². The molecule has 0 aromatic heterocycles. The summed E-state index contributed by atoms with van der Waals surface area (Å²) in [6.07, 6.45) is 8.33. The highest BCUT2D eigenvalue weighted by molar-refractivity contribution is 6.62. The van der Waals surface area contributed by atoms with Crippen LogP contribution in [0.4, 0.5) is 11.4 Å². The van der Waals surface area contributed by atoms with Gasteiger partial charge in [-0.25, -0.2) is 0 Å². The molecule has 0 amide bonds. The Labute approximate surface area is 174 Å². The van der Waals surface area contributed by atoms with Crippen LogP contribution in [0, 0.1) is 0 Å². The molecule has 4 rings (SSSR count). The second kappa shape index (κ2) is 7.36. The van der Waals surface area contributed by atoms with Crippen LogP contribution in [0.3, 0.4) is 0 Å². The van der Waals surface area contributed by atoms with Crippen molar-refractivity contribution in [3.05, 3.63) is 85.0 Å². The first-order chi connectivity index (χ1) is 13.8. The predicted molar refractivity (Wildman–Crippen MR) is 123 cm³/mol. The zero-order valence-corrected chi connectivity index (χ0v) is 17.7. The molecule has 2 aromatic carbocycles. The van der Waals surface area contributed by atoms with Crippen LogP contribution in [-0.2, 0) is 9.31 Å². The lowest BCUT2D eigenvalue weighted by molar-refractivity contribution is 0.00578. The minimum atomic E-state index is -0.375. The van der Waals surface area contributed by atoms with Crippen molar-refractivity contribution in [2.75, 3.05) is 11.4 Å². The Morgan fingerprint density at radius 1 is 0.931 bits per heavy atom. The molecular weight excluding hydrogens is 357 g/mol. The number of benzene rings is 2. The maximum atomic E-state index is 6.26. The molecule has 148 valence electrons. The molecule has 0 bridgehead atoms. The zero-order valence-electron chi connectivity index (χ0n) is 17.7. The highest BCUT2D eigenvalue weighted by atomic mass is 16.7. The van der Waals surface area contributed by atoms with Crippen LogP contribution < -0.4 is 10.4 Å². The number of allylic oxidation sites excluding steroid dienone is 4. The largest absolute Gasteiger partial charge is 0.494 e. The Balaban J connectivity index is 1.73. The topological polar surface area (TPSA) is 21.7 Å². The molecule has 2 aliphatic rings. The number of para-hydroxylation sites is 1. The highest BCUT2D eigenvalue weighted by Gasteiger charge is 2.51. The van der Waals surface area contributed by atoms with Crippen LogP contribution in [0.15, 0.2) is 79.4 Å². The normalized spacial score (nSPS) is 22.4. The average molecular weight is 385 g/mol. The molecule has 3 nitrogen and oxygen atoms in total. The van der Waals surface area contributed by atoms with Gasteiger partial charge in [-0.2, -0.15) is 0 Å². The van der Waals surface area contributed by atoms with Crippen LogP contribution in [0.2, 0.25) is 0 Å². The third-order valence-electron chi connectivity index (χ3n) is 6.08. The van der Waals surface area contributed by atoms with Crippen molar-refractivity contribution in [1.29, 1.82) is 0 Å². The Morgan fingerprint density at radius 2 is 1.66 bits per heavy atom. The van der Waals surface area contributed by atoms with Crippen LogP contribution >= 0.6 is 0 Å². The Morgan fingerprint density at radius 3 is 2.41 bits per heavy atom. The lowest BCUT2D eigenvalue weighted by Gasteiger charge is -2.32. The molecule has 2 aromatic rings. The number of nitrogens with zero attached hydrogens (tertiary/aromatic N) is 1. The maximum absolute atomic E-state index is 6.26. The lowest BCUT2D eigenvalue weighted by Crippen LogP contribution is -2.41. The van der Waals surface area contributed by atoms with E-state index in [2.05, 4.69) is 106 Å². The Hall–Kier alpha value is -2.56. The fraction of sp³-hybridized carbons (Fsp3) is 0.280. The molecule has 0 saturated carbocycles. The summed E-state index contributed by atoms with van der Waals surface area (Å²) in [4.78, 5) is 2.30. The van der Waals surface area contributed by atoms with Gasteiger partial charge in [0, 0.05) is 23.5 Å². The molecule has 2 aliphatic heterocycles. The summed E-state index contributed by atoms with van der Waals surface area (Å²) in [5.74, 6) is 0. The van der Waals surface area contributed by atoms with Gasteiger partial charge in [0.15, 0.2) is 0 Å². The number of fused-ring (bicyclic) bond motifs is 1. The first-order valence-electron chi connectivity index (χ1n) is 10.1. The zero-order chi connectivity index (χ0) is 20.6. The number of anilines is 2. The number of rotatable bonds is 2. The van der Waals surface area contributed by atoms with Crippen molar-refractivity contribution in [2.45, 2.75) is 38.9 Å². The van der Waals surface area contributed by atoms with Crippen molar-refractivity contribution in [2.24, 2.45) is 0 Å². The molecule has 4 heteroatoms. The summed E-state index contributed by atoms with van der Waals surface area (Å²) >= 11 is 0. The van der Waals surface area contributed by atoms with E-state index in [0.717, 1.165) is 34.5 Å². The van der Waals surface area contributed by atoms with Gasteiger partial charge in [0.2, 0.25) is 0 Å². The van der Waals surface area contributed by atoms with E-state index in [1.807, 2.05) is 6.08 Å². The van der Waals surface area contributed by atoms with E-state index < -0.39 is 0 Å². The molecule has 1 fully saturated rings. The molecular formula is C25H28BNO2. The molecule has 0 unspecified atom stereocenters. The second-order valence-corrected chi connectivity index (χ2v) is 8.62. The van der Waals surface area contributed by atoms with Crippen LogP contribution in [0.1, 0.15) is 33.3 Å². The summed E-state index contributed by atoms with van der Waals surface area (Å²) in [6.45, 7) is 13.3. The smallest absolute Gasteiger partial charge is 0.399 e. The van der Waals surface area contributed by atoms with E-state index in [4.69, 9.17) is 9.31 Å². The van der Waals surface area contributed by atoms with Crippen LogP contribution in [0.25, 0.3) is 5.57 Å². The quantitative estimate of drug-likeness (QED) is 0.658. The van der Waals surface area contributed by atoms with E-state index in [1.54, 1.807) is 0 Å². The summed E-state index contributed by atoms with van der Waals surface area (Å²) in [7, 11) is -0.375. The molecule has 0 radical (unpaired) electrons. The fourth-order valence-electron chi connectivity index (χ4n) is 3.65. The first kappa shape index (κ1) is 19.7. The van der Waals surface area contributed by atoms with E-state index in [0.29, 0.717) is 0 Å². The minimum Gasteiger partial charge on any atom is -0.399 e. The van der Waals surface area contributed by atoms with Crippen molar-refractivity contribution in [3.8, 4) is 0 Å². The van der Waals surface area contributed by atoms with Gasteiger partial charge >= 0.3 is 7.12 Å². The SMILES string of the molecule is C=C1/C=C\C=C/CN(c2cccc(B3OC(C)(C)C(C)(C)O3)c2)c2ccccc21. The van der Waals surface area contributed by atoms with Gasteiger partial charge in [-0.05, 0) is 56.9 Å². The summed E-state index contributed by atoms with van der Waals surface area (Å²) in [6, 6.07) is 16.8. The highest BCUT2D eigenvalue weighted by Crippen LogP contribution is 2.37. The van der Waals surface area contributed by atoms with E-state index in [9.17, 15) is 0 Å². The third-order valence-corrected chi connectivity index (χ3v) is 6.08. The standard InChI is InChI=1S/C25H28BNO2/c1-19-12-7-6-10-17-27(23-16-9-8-15-22(19)23)21-14-11-13-20(18-21)26-28-24(2,3)25(4,5)29-26/h6-16,18H,1,17H2,2-5H3/b10-6-,12-7-. The summed E-state index contributed by atoms with van der Waals surface area (Å²) < 4.78 is 12.5. The Kier molecular flexibility index (Phi) is 5.01. The van der Waals surface area contributed by atoms with Gasteiger partial charge in [0.05, 0.1) is 11.2 Å². The monoisotopic (exact) mass is 385 g/mol. The van der Waals surface area contributed by atoms with Gasteiger partial charge < -0.3 is 14.2 Å². The molecule has 0 atom stereocenters. The lowest BCUT2D eigenvalue weighted by atomic mass is 9.79. The summed E-state index contributed by atoms with van der Waals surface area (Å²) in [5.41, 5.74) is 4.69. The van der Waals surface area contributed by atoms with Crippen molar-refractivity contribution >= 4 is 29.5 Å². The number of hydrogen-bond acceptors (Lipinski definition) is 3. The maximum Gasteiger partial charge on any atom is 0.494 e. The average Bonchev–Trinajstić information content (AvgIpc) is 2.96. The Bertz CT molecular complexity index is 974. The first-order valence-corrected chi connectivity index (χ1v) is 10.1. The van der Waals surface area contributed by atoms with E-state index in [1.165, 1.54) is 0 Å². The van der Waals surface area contributed by atoms with Gasteiger partial charge in [-0.15, -0.1) is 0 Å². The van der Waals surface area contributed by atoms with Crippen molar-refractivity contribution < 1.29 is 9.31 Å². The second-order valence-electron chi connectivity index (χ2n) is 8.62. The third kappa shape index (κ3) is 3.70. The van der Waals surface area contributed by atoms with Gasteiger partial charge in [-0.3, -0.25) is 0 Å².